The van der Waals surface area contributed by atoms with Crippen LogP contribution < -0.4 is 4.40 Å². The molecule has 4 aromatic rings. The molecule has 0 unspecified atom stereocenters. The molecule has 4 aromatic heterocycles. The second-order valence-electron chi connectivity index (χ2n) is 4.72. The van der Waals surface area contributed by atoms with Gasteiger partial charge in [0.2, 0.25) is 0 Å². The standard InChI is InChI=1S/C14H9N4S/c1-2-11-13(16-4-1)19-14-17-7-9-6-15-5-3-10(9)12(17)8-18(11)14/h1-6,8H,7H2/q+1. The van der Waals surface area contributed by atoms with E-state index < -0.39 is 0 Å². The Bertz CT molecular complexity index is 951. The van der Waals surface area contributed by atoms with Gasteiger partial charge in [-0.05, 0) is 29.5 Å². The third-order valence-corrected chi connectivity index (χ3v) is 4.79. The minimum Gasteiger partial charge on any atom is -0.264 e. The molecular formula is C14H9N4S+. The summed E-state index contributed by atoms with van der Waals surface area (Å²) >= 11 is 1.74. The van der Waals surface area contributed by atoms with Gasteiger partial charge in [0.05, 0.1) is 0 Å². The van der Waals surface area contributed by atoms with Crippen molar-refractivity contribution in [1.82, 2.24) is 14.5 Å². The summed E-state index contributed by atoms with van der Waals surface area (Å²) < 4.78 is 4.59. The zero-order chi connectivity index (χ0) is 12.4. The first kappa shape index (κ1) is 9.63. The highest BCUT2D eigenvalue weighted by molar-refractivity contribution is 7.22. The highest BCUT2D eigenvalue weighted by atomic mass is 32.1. The van der Waals surface area contributed by atoms with Gasteiger partial charge in [0.1, 0.15) is 12.7 Å². The fourth-order valence-electron chi connectivity index (χ4n) is 2.83. The van der Waals surface area contributed by atoms with E-state index in [2.05, 4.69) is 37.3 Å². The molecular weight excluding hydrogens is 256 g/mol. The maximum atomic E-state index is 4.44. The first-order chi connectivity index (χ1) is 9.42. The highest BCUT2D eigenvalue weighted by Gasteiger charge is 2.30. The lowest BCUT2D eigenvalue weighted by Crippen LogP contribution is -2.16. The van der Waals surface area contributed by atoms with Gasteiger partial charge in [-0.2, -0.15) is 4.40 Å². The van der Waals surface area contributed by atoms with E-state index in [0.29, 0.717) is 0 Å². The molecule has 0 fully saturated rings. The number of thiazole rings is 1. The van der Waals surface area contributed by atoms with Crippen LogP contribution in [0.25, 0.3) is 26.6 Å². The van der Waals surface area contributed by atoms with Crippen molar-refractivity contribution in [2.24, 2.45) is 0 Å². The normalized spacial score (nSPS) is 13.1. The SMILES string of the molecule is c1cnc2sc3n4c(c[n+]3c2c1)-c1ccncc1C4. The Morgan fingerprint density at radius 1 is 1.26 bits per heavy atom. The maximum absolute atomic E-state index is 4.44. The number of rotatable bonds is 0. The fourth-order valence-corrected chi connectivity index (χ4v) is 3.91. The van der Waals surface area contributed by atoms with Crippen molar-refractivity contribution in [3.05, 3.63) is 48.5 Å². The van der Waals surface area contributed by atoms with Crippen LogP contribution in [0.4, 0.5) is 0 Å². The third kappa shape index (κ3) is 1.11. The molecule has 0 amide bonds. The van der Waals surface area contributed by atoms with Crippen molar-refractivity contribution in [3.63, 3.8) is 0 Å². The summed E-state index contributed by atoms with van der Waals surface area (Å²) in [5, 5.41) is 0. The number of fused-ring (bicyclic) bond motifs is 7. The largest absolute Gasteiger partial charge is 0.349 e. The predicted octanol–water partition coefficient (Wildman–Crippen LogP) is 2.26. The molecule has 0 aromatic carbocycles. The van der Waals surface area contributed by atoms with Crippen LogP contribution in [0, 0.1) is 0 Å². The van der Waals surface area contributed by atoms with Gasteiger partial charge in [-0.1, -0.05) is 0 Å². The van der Waals surface area contributed by atoms with Crippen LogP contribution in [0.2, 0.25) is 0 Å². The van der Waals surface area contributed by atoms with E-state index in [1.165, 1.54) is 27.3 Å². The van der Waals surface area contributed by atoms with Crippen LogP contribution in [-0.2, 0) is 6.54 Å². The van der Waals surface area contributed by atoms with Crippen molar-refractivity contribution in [1.29, 1.82) is 0 Å². The quantitative estimate of drug-likeness (QED) is 0.403. The monoisotopic (exact) mass is 265 g/mol. The second-order valence-corrected chi connectivity index (χ2v) is 5.67. The average Bonchev–Trinajstić information content (AvgIpc) is 3.07. The van der Waals surface area contributed by atoms with Gasteiger partial charge in [0.15, 0.2) is 16.0 Å². The number of hydrogen-bond acceptors (Lipinski definition) is 3. The molecule has 0 atom stereocenters. The van der Waals surface area contributed by atoms with E-state index in [4.69, 9.17) is 0 Å². The minimum atomic E-state index is 0.905. The van der Waals surface area contributed by atoms with Gasteiger partial charge in [0.25, 0.3) is 0 Å². The molecule has 0 spiro atoms. The van der Waals surface area contributed by atoms with Crippen molar-refractivity contribution < 1.29 is 4.40 Å². The van der Waals surface area contributed by atoms with Crippen molar-refractivity contribution >= 4 is 26.6 Å². The molecule has 90 valence electrons. The van der Waals surface area contributed by atoms with E-state index in [1.807, 2.05) is 24.7 Å². The molecule has 1 aliphatic rings. The Balaban J connectivity index is 1.93. The summed E-state index contributed by atoms with van der Waals surface area (Å²) in [6.45, 7) is 0.905. The van der Waals surface area contributed by atoms with Gasteiger partial charge in [-0.15, -0.1) is 0 Å². The summed E-state index contributed by atoms with van der Waals surface area (Å²) in [5.41, 5.74) is 5.04. The first-order valence-corrected chi connectivity index (χ1v) is 6.95. The molecule has 1 aliphatic heterocycles. The number of aromatic nitrogens is 4. The summed E-state index contributed by atoms with van der Waals surface area (Å²) in [5.74, 6) is 0. The molecule has 0 saturated carbocycles. The second kappa shape index (κ2) is 3.19. The van der Waals surface area contributed by atoms with Crippen LogP contribution in [0.15, 0.2) is 43.0 Å². The first-order valence-electron chi connectivity index (χ1n) is 6.13. The lowest BCUT2D eigenvalue weighted by atomic mass is 10.1. The van der Waals surface area contributed by atoms with Gasteiger partial charge in [-0.3, -0.25) is 4.98 Å². The Hall–Kier alpha value is -2.27. The van der Waals surface area contributed by atoms with Gasteiger partial charge >= 0.3 is 4.96 Å². The molecule has 5 rings (SSSR count). The van der Waals surface area contributed by atoms with E-state index in [-0.39, 0.29) is 0 Å². The van der Waals surface area contributed by atoms with Crippen LogP contribution in [-0.4, -0.2) is 14.5 Å². The van der Waals surface area contributed by atoms with Crippen LogP contribution >= 0.6 is 11.3 Å². The van der Waals surface area contributed by atoms with Crippen LogP contribution in [0.3, 0.4) is 0 Å². The van der Waals surface area contributed by atoms with Gasteiger partial charge in [-0.25, -0.2) is 9.55 Å². The summed E-state index contributed by atoms with van der Waals surface area (Å²) in [6, 6.07) is 6.20. The summed E-state index contributed by atoms with van der Waals surface area (Å²) in [6.07, 6.45) is 7.88. The Morgan fingerprint density at radius 3 is 3.26 bits per heavy atom. The van der Waals surface area contributed by atoms with E-state index in [1.54, 1.807) is 11.3 Å². The zero-order valence-corrected chi connectivity index (χ0v) is 10.8. The van der Waals surface area contributed by atoms with Crippen molar-refractivity contribution in [2.75, 3.05) is 0 Å². The molecule has 0 aliphatic carbocycles. The lowest BCUT2D eigenvalue weighted by Gasteiger charge is -1.91. The Morgan fingerprint density at radius 2 is 2.26 bits per heavy atom. The molecule has 0 bridgehead atoms. The van der Waals surface area contributed by atoms with Crippen molar-refractivity contribution in [2.45, 2.75) is 6.54 Å². The molecule has 0 radical (unpaired) electrons. The number of hydrogen-bond donors (Lipinski definition) is 0. The van der Waals surface area contributed by atoms with Crippen LogP contribution in [0.1, 0.15) is 5.56 Å². The zero-order valence-electron chi connectivity index (χ0n) is 9.95. The Kier molecular flexibility index (Phi) is 1.62. The van der Waals surface area contributed by atoms with Gasteiger partial charge < -0.3 is 0 Å². The summed E-state index contributed by atoms with van der Waals surface area (Å²) in [7, 11) is 0. The van der Waals surface area contributed by atoms with Gasteiger partial charge in [0, 0.05) is 29.7 Å². The molecule has 5 heterocycles. The molecule has 0 saturated heterocycles. The molecule has 0 N–H and O–H groups in total. The molecule has 4 nitrogen and oxygen atoms in total. The smallest absolute Gasteiger partial charge is 0.264 e. The average molecular weight is 265 g/mol. The van der Waals surface area contributed by atoms with Crippen molar-refractivity contribution in [3.8, 4) is 11.3 Å². The fraction of sp³-hybridized carbons (Fsp3) is 0.0714. The topological polar surface area (TPSA) is 34.8 Å². The van der Waals surface area contributed by atoms with E-state index in [9.17, 15) is 0 Å². The lowest BCUT2D eigenvalue weighted by molar-refractivity contribution is -0.476. The molecule has 19 heavy (non-hydrogen) atoms. The minimum absolute atomic E-state index is 0.905. The van der Waals surface area contributed by atoms with E-state index >= 15 is 0 Å². The highest BCUT2D eigenvalue weighted by Crippen LogP contribution is 2.34. The number of nitrogens with zero attached hydrogens (tertiary/aromatic N) is 4. The number of imidazole rings is 1. The third-order valence-electron chi connectivity index (χ3n) is 3.69. The van der Waals surface area contributed by atoms with E-state index in [0.717, 1.165) is 11.4 Å². The predicted molar refractivity (Wildman–Crippen MR) is 73.1 cm³/mol. The van der Waals surface area contributed by atoms with Crippen LogP contribution in [0.5, 0.6) is 0 Å². The Labute approximate surface area is 112 Å². The maximum Gasteiger partial charge on any atom is 0.349 e. The number of pyridine rings is 2. The summed E-state index contributed by atoms with van der Waals surface area (Å²) in [4.78, 5) is 11.0. The molecule has 5 heteroatoms.